The Balaban J connectivity index is 1.58. The van der Waals surface area contributed by atoms with Gasteiger partial charge in [0.2, 0.25) is 0 Å². The molecule has 7 heteroatoms. The molecule has 0 radical (unpaired) electrons. The molecule has 2 aliphatic heterocycles. The minimum absolute atomic E-state index is 0.255. The molecule has 24 heavy (non-hydrogen) atoms. The maximum absolute atomic E-state index is 13.2. The first kappa shape index (κ1) is 14.4. The Labute approximate surface area is 146 Å². The molecule has 2 aromatic heterocycles. The van der Waals surface area contributed by atoms with Gasteiger partial charge in [-0.25, -0.2) is 14.4 Å². The molecule has 0 amide bonds. The van der Waals surface area contributed by atoms with Gasteiger partial charge in [0.25, 0.3) is 0 Å². The van der Waals surface area contributed by atoms with E-state index in [4.69, 9.17) is 9.72 Å². The lowest BCUT2D eigenvalue weighted by atomic mass is 9.78. The largest absolute Gasteiger partial charge is 0.380 e. The normalized spacial score (nSPS) is 18.7. The first-order valence-corrected chi connectivity index (χ1v) is 8.56. The topological polar surface area (TPSA) is 42.7 Å². The van der Waals surface area contributed by atoms with Crippen molar-refractivity contribution in [2.24, 2.45) is 5.41 Å². The summed E-state index contributed by atoms with van der Waals surface area (Å²) in [5.74, 6) is 0.624. The SMILES string of the molecule is Fc1ccc(-c2nc3c(N4CC5(COC5)C4)nccn3c2Br)cc1. The van der Waals surface area contributed by atoms with E-state index in [1.165, 1.54) is 12.1 Å². The van der Waals surface area contributed by atoms with Gasteiger partial charge < -0.3 is 9.64 Å². The number of nitrogens with zero attached hydrogens (tertiary/aromatic N) is 4. The van der Waals surface area contributed by atoms with E-state index in [1.54, 1.807) is 18.3 Å². The number of aromatic nitrogens is 3. The molecule has 2 saturated heterocycles. The van der Waals surface area contributed by atoms with E-state index in [0.29, 0.717) is 5.41 Å². The van der Waals surface area contributed by atoms with Crippen LogP contribution in [0.4, 0.5) is 10.2 Å². The lowest BCUT2D eigenvalue weighted by Crippen LogP contribution is -2.66. The Hall–Kier alpha value is -1.99. The van der Waals surface area contributed by atoms with Crippen molar-refractivity contribution in [2.75, 3.05) is 31.2 Å². The van der Waals surface area contributed by atoms with E-state index in [-0.39, 0.29) is 5.82 Å². The van der Waals surface area contributed by atoms with E-state index < -0.39 is 0 Å². The molecule has 5 rings (SSSR count). The molecule has 3 aromatic rings. The molecule has 0 N–H and O–H groups in total. The Bertz CT molecular complexity index is 928. The van der Waals surface area contributed by atoms with Crippen LogP contribution in [0, 0.1) is 11.2 Å². The predicted molar refractivity (Wildman–Crippen MR) is 91.5 cm³/mol. The molecule has 1 aromatic carbocycles. The third-order valence-electron chi connectivity index (χ3n) is 4.75. The summed E-state index contributed by atoms with van der Waals surface area (Å²) in [5.41, 5.74) is 2.77. The molecule has 0 unspecified atom stereocenters. The standard InChI is InChI=1S/C17H14BrFN4O/c18-14-13(11-1-3-12(19)4-2-11)21-16-15(20-5-6-23(14)16)22-7-17(8-22)9-24-10-17/h1-6H,7-10H2. The Morgan fingerprint density at radius 3 is 2.58 bits per heavy atom. The fourth-order valence-corrected chi connectivity index (χ4v) is 4.04. The minimum atomic E-state index is -0.255. The van der Waals surface area contributed by atoms with Crippen molar-refractivity contribution in [3.63, 3.8) is 0 Å². The number of halogens is 2. The molecule has 1 spiro atoms. The van der Waals surface area contributed by atoms with E-state index in [0.717, 1.165) is 53.6 Å². The molecule has 0 aliphatic carbocycles. The Kier molecular flexibility index (Phi) is 2.99. The van der Waals surface area contributed by atoms with E-state index in [9.17, 15) is 4.39 Å². The summed E-state index contributed by atoms with van der Waals surface area (Å²) in [5, 5.41) is 0. The quantitative estimate of drug-likeness (QED) is 0.676. The van der Waals surface area contributed by atoms with Crippen LogP contribution in [-0.2, 0) is 4.74 Å². The fourth-order valence-electron chi connectivity index (χ4n) is 3.44. The van der Waals surface area contributed by atoms with Gasteiger partial charge in [-0.15, -0.1) is 0 Å². The lowest BCUT2D eigenvalue weighted by molar-refractivity contribution is -0.127. The van der Waals surface area contributed by atoms with Crippen LogP contribution in [0.5, 0.6) is 0 Å². The Morgan fingerprint density at radius 1 is 1.17 bits per heavy atom. The number of imidazole rings is 1. The first-order valence-electron chi connectivity index (χ1n) is 7.76. The monoisotopic (exact) mass is 388 g/mol. The first-order chi connectivity index (χ1) is 11.7. The third-order valence-corrected chi connectivity index (χ3v) is 5.51. The van der Waals surface area contributed by atoms with Gasteiger partial charge in [-0.05, 0) is 40.2 Å². The maximum atomic E-state index is 13.2. The van der Waals surface area contributed by atoms with Gasteiger partial charge in [-0.1, -0.05) is 0 Å². The van der Waals surface area contributed by atoms with Gasteiger partial charge in [0.1, 0.15) is 16.1 Å². The van der Waals surface area contributed by atoms with E-state index in [1.807, 2.05) is 10.6 Å². The summed E-state index contributed by atoms with van der Waals surface area (Å²) in [6, 6.07) is 6.36. The zero-order valence-corrected chi connectivity index (χ0v) is 14.3. The van der Waals surface area contributed by atoms with Gasteiger partial charge in [-0.2, -0.15) is 0 Å². The van der Waals surface area contributed by atoms with Crippen molar-refractivity contribution in [2.45, 2.75) is 0 Å². The molecule has 5 nitrogen and oxygen atoms in total. The van der Waals surface area contributed by atoms with Crippen LogP contribution in [0.2, 0.25) is 0 Å². The average molecular weight is 389 g/mol. The summed E-state index contributed by atoms with van der Waals surface area (Å²) in [7, 11) is 0. The fraction of sp³-hybridized carbons (Fsp3) is 0.294. The van der Waals surface area contributed by atoms with Crippen molar-refractivity contribution < 1.29 is 9.13 Å². The molecule has 0 saturated carbocycles. The van der Waals surface area contributed by atoms with Crippen LogP contribution in [0.15, 0.2) is 41.3 Å². The summed E-state index contributed by atoms with van der Waals surface area (Å²) < 4.78 is 21.3. The molecule has 2 fully saturated rings. The number of fused-ring (bicyclic) bond motifs is 1. The van der Waals surface area contributed by atoms with Crippen LogP contribution in [0.25, 0.3) is 16.9 Å². The van der Waals surface area contributed by atoms with Crippen LogP contribution in [-0.4, -0.2) is 40.7 Å². The second-order valence-corrected chi connectivity index (χ2v) is 7.30. The maximum Gasteiger partial charge on any atom is 0.181 e. The van der Waals surface area contributed by atoms with Crippen LogP contribution in [0.3, 0.4) is 0 Å². The zero-order chi connectivity index (χ0) is 16.3. The average Bonchev–Trinajstić information content (AvgIpc) is 2.84. The van der Waals surface area contributed by atoms with Gasteiger partial charge in [0, 0.05) is 31.0 Å². The number of rotatable bonds is 2. The number of ether oxygens (including phenoxy) is 1. The molecular formula is C17H14BrFN4O. The lowest BCUT2D eigenvalue weighted by Gasteiger charge is -2.55. The minimum Gasteiger partial charge on any atom is -0.380 e. The third kappa shape index (κ3) is 2.01. The number of hydrogen-bond acceptors (Lipinski definition) is 4. The van der Waals surface area contributed by atoms with E-state index >= 15 is 0 Å². The molecule has 0 bridgehead atoms. The highest BCUT2D eigenvalue weighted by atomic mass is 79.9. The molecule has 4 heterocycles. The smallest absolute Gasteiger partial charge is 0.181 e. The molecular weight excluding hydrogens is 375 g/mol. The summed E-state index contributed by atoms with van der Waals surface area (Å²) in [6.07, 6.45) is 3.66. The van der Waals surface area contributed by atoms with Crippen molar-refractivity contribution in [3.05, 3.63) is 47.1 Å². The number of benzene rings is 1. The van der Waals surface area contributed by atoms with Gasteiger partial charge in [0.15, 0.2) is 11.5 Å². The van der Waals surface area contributed by atoms with Crippen molar-refractivity contribution >= 4 is 27.4 Å². The summed E-state index contributed by atoms with van der Waals surface area (Å²) in [6.45, 7) is 3.59. The molecule has 2 aliphatic rings. The number of anilines is 1. The van der Waals surface area contributed by atoms with Crippen LogP contribution < -0.4 is 4.90 Å². The Morgan fingerprint density at radius 2 is 1.92 bits per heavy atom. The predicted octanol–water partition coefficient (Wildman–Crippen LogP) is 3.13. The van der Waals surface area contributed by atoms with Gasteiger partial charge >= 0.3 is 0 Å². The summed E-state index contributed by atoms with van der Waals surface area (Å²) in [4.78, 5) is 11.5. The highest BCUT2D eigenvalue weighted by molar-refractivity contribution is 9.10. The molecule has 0 atom stereocenters. The van der Waals surface area contributed by atoms with Crippen molar-refractivity contribution in [3.8, 4) is 11.3 Å². The van der Waals surface area contributed by atoms with Crippen LogP contribution >= 0.6 is 15.9 Å². The highest BCUT2D eigenvalue weighted by Gasteiger charge is 2.50. The summed E-state index contributed by atoms with van der Waals surface area (Å²) >= 11 is 3.62. The van der Waals surface area contributed by atoms with Crippen molar-refractivity contribution in [1.29, 1.82) is 0 Å². The number of hydrogen-bond donors (Lipinski definition) is 0. The van der Waals surface area contributed by atoms with E-state index in [2.05, 4.69) is 25.8 Å². The molecule has 122 valence electrons. The highest BCUT2D eigenvalue weighted by Crippen LogP contribution is 2.41. The zero-order valence-electron chi connectivity index (χ0n) is 12.7. The van der Waals surface area contributed by atoms with Crippen molar-refractivity contribution in [1.82, 2.24) is 14.4 Å². The van der Waals surface area contributed by atoms with Crippen LogP contribution in [0.1, 0.15) is 0 Å². The second-order valence-electron chi connectivity index (χ2n) is 6.55. The second kappa shape index (κ2) is 5.00. The van der Waals surface area contributed by atoms with Gasteiger partial charge in [0.05, 0.1) is 18.6 Å². The van der Waals surface area contributed by atoms with Gasteiger partial charge in [-0.3, -0.25) is 4.40 Å².